The molecule has 1 N–H and O–H groups in total. The Morgan fingerprint density at radius 1 is 0.389 bits per heavy atom. The summed E-state index contributed by atoms with van der Waals surface area (Å²) in [5, 5.41) is 6.00. The maximum Gasteiger partial charge on any atom is 0.0463 e. The molecule has 0 aliphatic rings. The van der Waals surface area contributed by atoms with Crippen molar-refractivity contribution in [2.24, 2.45) is 0 Å². The highest BCUT2D eigenvalue weighted by Crippen LogP contribution is 2.37. The molecule has 0 radical (unpaired) electrons. The van der Waals surface area contributed by atoms with E-state index in [0.717, 1.165) is 28.4 Å². The molecule has 0 aromatic heterocycles. The summed E-state index contributed by atoms with van der Waals surface area (Å²) in [6.07, 6.45) is 0. The van der Waals surface area contributed by atoms with Gasteiger partial charge < -0.3 is 10.2 Å². The van der Waals surface area contributed by atoms with Crippen molar-refractivity contribution in [2.75, 3.05) is 10.2 Å². The molecule has 0 fully saturated rings. The van der Waals surface area contributed by atoms with Crippen LogP contribution in [0.5, 0.6) is 0 Å². The zero-order chi connectivity index (χ0) is 24.2. The first-order chi connectivity index (χ1) is 17.8. The molecule has 172 valence electrons. The van der Waals surface area contributed by atoms with Crippen LogP contribution in [-0.2, 0) is 0 Å². The van der Waals surface area contributed by atoms with Gasteiger partial charge in [-0.3, -0.25) is 0 Å². The third-order valence-electron chi connectivity index (χ3n) is 6.43. The average Bonchev–Trinajstić information content (AvgIpc) is 2.95. The normalized spacial score (nSPS) is 10.8. The number of anilines is 5. The fraction of sp³-hybridized carbons (Fsp3) is 0. The van der Waals surface area contributed by atoms with E-state index >= 15 is 0 Å². The van der Waals surface area contributed by atoms with Gasteiger partial charge in [-0.25, -0.2) is 0 Å². The molecule has 6 aromatic carbocycles. The monoisotopic (exact) mass is 462 g/mol. The Balaban J connectivity index is 1.35. The van der Waals surface area contributed by atoms with Crippen molar-refractivity contribution in [3.05, 3.63) is 152 Å². The molecule has 0 saturated heterocycles. The first-order valence-electron chi connectivity index (χ1n) is 12.2. The van der Waals surface area contributed by atoms with E-state index in [1.54, 1.807) is 0 Å². The number of fused-ring (bicyclic) bond motifs is 1. The van der Waals surface area contributed by atoms with Gasteiger partial charge in [-0.15, -0.1) is 0 Å². The van der Waals surface area contributed by atoms with Crippen molar-refractivity contribution in [1.82, 2.24) is 0 Å². The quantitative estimate of drug-likeness (QED) is 0.265. The van der Waals surface area contributed by atoms with Crippen LogP contribution in [0.4, 0.5) is 28.4 Å². The molecule has 0 saturated carbocycles. The van der Waals surface area contributed by atoms with E-state index in [2.05, 4.69) is 144 Å². The van der Waals surface area contributed by atoms with Crippen LogP contribution in [0.25, 0.3) is 21.9 Å². The SMILES string of the molecule is c1ccc(Nc2ccc(N(c3ccccc3)c3ccc(-c4cccc5ccccc45)cc3)cc2)cc1. The van der Waals surface area contributed by atoms with Crippen LogP contribution in [0.2, 0.25) is 0 Å². The van der Waals surface area contributed by atoms with Gasteiger partial charge in [0, 0.05) is 28.4 Å². The second kappa shape index (κ2) is 9.81. The predicted molar refractivity (Wildman–Crippen MR) is 154 cm³/mol. The van der Waals surface area contributed by atoms with E-state index < -0.39 is 0 Å². The molecule has 6 aromatic rings. The predicted octanol–water partition coefficient (Wildman–Crippen LogP) is 9.72. The summed E-state index contributed by atoms with van der Waals surface area (Å²) in [7, 11) is 0. The third-order valence-corrected chi connectivity index (χ3v) is 6.43. The molecule has 2 heteroatoms. The standard InChI is InChI=1S/C34H26N2/c1-3-12-28(13-4-1)35-29-20-24-32(25-21-29)36(30-14-5-2-6-15-30)31-22-18-27(19-23-31)34-17-9-11-26-10-7-8-16-33(26)34/h1-25,35H. The zero-order valence-electron chi connectivity index (χ0n) is 19.9. The summed E-state index contributed by atoms with van der Waals surface area (Å²) < 4.78 is 0. The Morgan fingerprint density at radius 2 is 0.917 bits per heavy atom. The highest BCUT2D eigenvalue weighted by atomic mass is 15.1. The minimum Gasteiger partial charge on any atom is -0.356 e. The molecule has 0 amide bonds. The molecular weight excluding hydrogens is 436 g/mol. The number of nitrogens with one attached hydrogen (secondary N) is 1. The first-order valence-corrected chi connectivity index (χ1v) is 12.2. The number of benzene rings is 6. The molecule has 0 atom stereocenters. The zero-order valence-corrected chi connectivity index (χ0v) is 19.9. The van der Waals surface area contributed by atoms with Gasteiger partial charge in [-0.05, 0) is 82.6 Å². The maximum atomic E-state index is 3.47. The van der Waals surface area contributed by atoms with Gasteiger partial charge in [0.25, 0.3) is 0 Å². The number of hydrogen-bond donors (Lipinski definition) is 1. The lowest BCUT2D eigenvalue weighted by atomic mass is 9.98. The molecule has 0 aliphatic heterocycles. The van der Waals surface area contributed by atoms with Crippen molar-refractivity contribution >= 4 is 39.2 Å². The summed E-state index contributed by atoms with van der Waals surface area (Å²) in [6, 6.07) is 53.3. The maximum absolute atomic E-state index is 3.47. The minimum absolute atomic E-state index is 1.06. The highest BCUT2D eigenvalue weighted by Gasteiger charge is 2.13. The van der Waals surface area contributed by atoms with E-state index in [1.807, 2.05) is 18.2 Å². The topological polar surface area (TPSA) is 15.3 Å². The average molecular weight is 463 g/mol. The largest absolute Gasteiger partial charge is 0.356 e. The Bertz CT molecular complexity index is 1570. The number of hydrogen-bond acceptors (Lipinski definition) is 2. The Kier molecular flexibility index (Phi) is 5.91. The van der Waals surface area contributed by atoms with Gasteiger partial charge in [0.15, 0.2) is 0 Å². The van der Waals surface area contributed by atoms with Crippen LogP contribution in [0, 0.1) is 0 Å². The molecular formula is C34H26N2. The second-order valence-corrected chi connectivity index (χ2v) is 8.78. The summed E-state index contributed by atoms with van der Waals surface area (Å²) in [6.45, 7) is 0. The van der Waals surface area contributed by atoms with E-state index in [-0.39, 0.29) is 0 Å². The van der Waals surface area contributed by atoms with Gasteiger partial charge in [-0.2, -0.15) is 0 Å². The molecule has 0 bridgehead atoms. The van der Waals surface area contributed by atoms with Crippen LogP contribution in [0.1, 0.15) is 0 Å². The fourth-order valence-corrected chi connectivity index (χ4v) is 4.67. The molecule has 0 spiro atoms. The van der Waals surface area contributed by atoms with Crippen LogP contribution in [0.3, 0.4) is 0 Å². The first kappa shape index (κ1) is 21.7. The van der Waals surface area contributed by atoms with Gasteiger partial charge in [0.2, 0.25) is 0 Å². The molecule has 6 rings (SSSR count). The highest BCUT2D eigenvalue weighted by molar-refractivity contribution is 5.97. The molecule has 2 nitrogen and oxygen atoms in total. The molecule has 0 aliphatic carbocycles. The summed E-state index contributed by atoms with van der Waals surface area (Å²) in [4.78, 5) is 2.29. The van der Waals surface area contributed by atoms with Crippen LogP contribution in [-0.4, -0.2) is 0 Å². The van der Waals surface area contributed by atoms with Gasteiger partial charge in [-0.1, -0.05) is 91.0 Å². The van der Waals surface area contributed by atoms with Crippen LogP contribution in [0.15, 0.2) is 152 Å². The Hall–Kier alpha value is -4.82. The minimum atomic E-state index is 1.06. The lowest BCUT2D eigenvalue weighted by Crippen LogP contribution is -2.09. The number of nitrogens with zero attached hydrogens (tertiary/aromatic N) is 1. The number of rotatable bonds is 6. The van der Waals surface area contributed by atoms with Crippen molar-refractivity contribution < 1.29 is 0 Å². The van der Waals surface area contributed by atoms with E-state index in [9.17, 15) is 0 Å². The Morgan fingerprint density at radius 3 is 1.64 bits per heavy atom. The molecule has 36 heavy (non-hydrogen) atoms. The summed E-state index contributed by atoms with van der Waals surface area (Å²) in [5.74, 6) is 0. The smallest absolute Gasteiger partial charge is 0.0463 e. The second-order valence-electron chi connectivity index (χ2n) is 8.78. The van der Waals surface area contributed by atoms with Crippen molar-refractivity contribution in [3.8, 4) is 11.1 Å². The van der Waals surface area contributed by atoms with Gasteiger partial charge in [0.05, 0.1) is 0 Å². The van der Waals surface area contributed by atoms with E-state index in [0.29, 0.717) is 0 Å². The van der Waals surface area contributed by atoms with Gasteiger partial charge >= 0.3 is 0 Å². The van der Waals surface area contributed by atoms with Gasteiger partial charge in [0.1, 0.15) is 0 Å². The van der Waals surface area contributed by atoms with Crippen molar-refractivity contribution in [3.63, 3.8) is 0 Å². The summed E-state index contributed by atoms with van der Waals surface area (Å²) >= 11 is 0. The van der Waals surface area contributed by atoms with Crippen molar-refractivity contribution in [1.29, 1.82) is 0 Å². The lowest BCUT2D eigenvalue weighted by Gasteiger charge is -2.26. The Labute approximate surface area is 212 Å². The third kappa shape index (κ3) is 4.45. The lowest BCUT2D eigenvalue weighted by molar-refractivity contribution is 1.28. The van der Waals surface area contributed by atoms with E-state index in [1.165, 1.54) is 21.9 Å². The molecule has 0 heterocycles. The van der Waals surface area contributed by atoms with E-state index in [4.69, 9.17) is 0 Å². The summed E-state index contributed by atoms with van der Waals surface area (Å²) in [5.41, 5.74) is 7.96. The fourth-order valence-electron chi connectivity index (χ4n) is 4.67. The van der Waals surface area contributed by atoms with Crippen LogP contribution < -0.4 is 10.2 Å². The van der Waals surface area contributed by atoms with Crippen LogP contribution >= 0.6 is 0 Å². The molecule has 0 unspecified atom stereocenters. The van der Waals surface area contributed by atoms with Crippen molar-refractivity contribution in [2.45, 2.75) is 0 Å². The number of para-hydroxylation sites is 2.